The second-order valence-electron chi connectivity index (χ2n) is 10.5. The highest BCUT2D eigenvalue weighted by Crippen LogP contribution is 2.51. The summed E-state index contributed by atoms with van der Waals surface area (Å²) in [7, 11) is -0.940. The van der Waals surface area contributed by atoms with Crippen molar-refractivity contribution in [1.82, 2.24) is 4.90 Å². The molecule has 4 rings (SSSR count). The number of phenolic OH excluding ortho intramolecular Hbond substituents is 1. The molecule has 7 heteroatoms. The fourth-order valence-corrected chi connectivity index (χ4v) is 6.55. The number of aromatic hydroxyl groups is 1. The number of hydrogen-bond donors (Lipinski definition) is 2. The van der Waals surface area contributed by atoms with Crippen molar-refractivity contribution in [1.29, 1.82) is 0 Å². The Morgan fingerprint density at radius 1 is 1.08 bits per heavy atom. The molecule has 0 bridgehead atoms. The fraction of sp³-hybridized carbons (Fsp3) is 0.586. The molecule has 0 aromatic heterocycles. The van der Waals surface area contributed by atoms with E-state index in [1.165, 1.54) is 21.6 Å². The fourth-order valence-electron chi connectivity index (χ4n) is 6.55. The molecule has 2 aliphatic heterocycles. The summed E-state index contributed by atoms with van der Waals surface area (Å²) in [6, 6.07) is 7.35. The standard InChI is InChI=1S/C29H40BNO5/c1-4-9-19(16-20-11-7-8-12-24(20)32)13-14-25-26-21(10-5-2)17-22-27(23(26)18-30(35)36-25)29(34)31(15-6-3)28(22)33/h7-8,11-12,16,22-23,25,27,32,35H,4-6,9-10,13-15,17-18H2,1-3H3/b19-16+/t22-,23+,25-,27-/m1/s1. The summed E-state index contributed by atoms with van der Waals surface area (Å²) < 4.78 is 6.13. The highest BCUT2D eigenvalue weighted by Gasteiger charge is 2.56. The number of para-hydroxylation sites is 1. The molecule has 3 aliphatic rings. The minimum atomic E-state index is -0.940. The van der Waals surface area contributed by atoms with Crippen LogP contribution in [0, 0.1) is 17.8 Å². The topological polar surface area (TPSA) is 87.1 Å². The van der Waals surface area contributed by atoms with Crippen molar-refractivity contribution in [3.8, 4) is 5.75 Å². The average Bonchev–Trinajstić information content (AvgIpc) is 3.09. The minimum absolute atomic E-state index is 0.0344. The SMILES string of the molecule is CCCC1=C2[C@@H](CC/C(=C/c3ccccc3O)CCC)OB(O)C[C@@H]2[C@@H]2C(=O)N(CCC)C(=O)[C@@H]2C1. The Labute approximate surface area is 215 Å². The van der Waals surface area contributed by atoms with Gasteiger partial charge in [-0.2, -0.15) is 0 Å². The van der Waals surface area contributed by atoms with E-state index in [0.29, 0.717) is 25.7 Å². The quantitative estimate of drug-likeness (QED) is 0.260. The van der Waals surface area contributed by atoms with Crippen molar-refractivity contribution >= 4 is 25.0 Å². The Morgan fingerprint density at radius 2 is 1.86 bits per heavy atom. The van der Waals surface area contributed by atoms with Crippen molar-refractivity contribution in [3.05, 3.63) is 46.5 Å². The van der Waals surface area contributed by atoms with Gasteiger partial charge >= 0.3 is 7.12 Å². The zero-order valence-corrected chi connectivity index (χ0v) is 21.9. The Kier molecular flexibility index (Phi) is 8.73. The maximum Gasteiger partial charge on any atom is 0.455 e. The first-order chi connectivity index (χ1) is 17.4. The third-order valence-corrected chi connectivity index (χ3v) is 7.99. The number of amides is 2. The zero-order chi connectivity index (χ0) is 25.8. The van der Waals surface area contributed by atoms with E-state index in [2.05, 4.69) is 19.9 Å². The molecular formula is C29H40BNO5. The lowest BCUT2D eigenvalue weighted by Gasteiger charge is -2.43. The molecule has 2 amide bonds. The van der Waals surface area contributed by atoms with Crippen LogP contribution in [0.5, 0.6) is 5.75 Å². The maximum absolute atomic E-state index is 13.4. The van der Waals surface area contributed by atoms with Crippen LogP contribution < -0.4 is 0 Å². The van der Waals surface area contributed by atoms with E-state index in [4.69, 9.17) is 4.65 Å². The Bertz CT molecular complexity index is 1030. The first-order valence-electron chi connectivity index (χ1n) is 13.8. The van der Waals surface area contributed by atoms with Crippen molar-refractivity contribution in [3.63, 3.8) is 0 Å². The van der Waals surface area contributed by atoms with Crippen LogP contribution in [0.25, 0.3) is 6.08 Å². The van der Waals surface area contributed by atoms with E-state index in [-0.39, 0.29) is 41.4 Å². The predicted octanol–water partition coefficient (Wildman–Crippen LogP) is 5.36. The van der Waals surface area contributed by atoms with Crippen molar-refractivity contribution in [2.45, 2.75) is 84.6 Å². The van der Waals surface area contributed by atoms with Gasteiger partial charge in [-0.25, -0.2) is 0 Å². The van der Waals surface area contributed by atoms with E-state index in [1.54, 1.807) is 6.07 Å². The predicted molar refractivity (Wildman–Crippen MR) is 142 cm³/mol. The van der Waals surface area contributed by atoms with Crippen LogP contribution in [0.4, 0.5) is 0 Å². The largest absolute Gasteiger partial charge is 0.507 e. The number of benzene rings is 1. The van der Waals surface area contributed by atoms with E-state index < -0.39 is 7.12 Å². The second kappa shape index (κ2) is 11.8. The molecule has 0 unspecified atom stereocenters. The van der Waals surface area contributed by atoms with Crippen molar-refractivity contribution in [2.75, 3.05) is 6.54 Å². The summed E-state index contributed by atoms with van der Waals surface area (Å²) in [5.74, 6) is -0.664. The number of rotatable bonds is 10. The molecule has 1 aliphatic carbocycles. The summed E-state index contributed by atoms with van der Waals surface area (Å²) >= 11 is 0. The van der Waals surface area contributed by atoms with Gasteiger partial charge in [0.2, 0.25) is 11.8 Å². The lowest BCUT2D eigenvalue weighted by atomic mass is 9.58. The Morgan fingerprint density at radius 3 is 2.56 bits per heavy atom. The van der Waals surface area contributed by atoms with Gasteiger partial charge in [0.25, 0.3) is 0 Å². The third-order valence-electron chi connectivity index (χ3n) is 7.99. The van der Waals surface area contributed by atoms with Gasteiger partial charge in [0.1, 0.15) is 5.75 Å². The molecule has 0 radical (unpaired) electrons. The molecule has 194 valence electrons. The smallest absolute Gasteiger partial charge is 0.455 e. The van der Waals surface area contributed by atoms with E-state index in [9.17, 15) is 19.7 Å². The number of fused-ring (bicyclic) bond motifs is 3. The van der Waals surface area contributed by atoms with Gasteiger partial charge in [-0.15, -0.1) is 0 Å². The number of phenols is 1. The molecule has 2 fully saturated rings. The van der Waals surface area contributed by atoms with Gasteiger partial charge in [-0.1, -0.05) is 69.0 Å². The van der Waals surface area contributed by atoms with Gasteiger partial charge in [-0.05, 0) is 62.4 Å². The van der Waals surface area contributed by atoms with Crippen LogP contribution in [0.3, 0.4) is 0 Å². The third kappa shape index (κ3) is 5.33. The number of allylic oxidation sites excluding steroid dienone is 2. The van der Waals surface area contributed by atoms with Gasteiger partial charge in [0.05, 0.1) is 17.9 Å². The van der Waals surface area contributed by atoms with Crippen molar-refractivity contribution < 1.29 is 24.4 Å². The van der Waals surface area contributed by atoms with Gasteiger partial charge < -0.3 is 14.8 Å². The van der Waals surface area contributed by atoms with E-state index in [1.807, 2.05) is 25.1 Å². The zero-order valence-electron chi connectivity index (χ0n) is 21.9. The molecule has 4 atom stereocenters. The highest BCUT2D eigenvalue weighted by molar-refractivity contribution is 6.43. The molecule has 0 spiro atoms. The van der Waals surface area contributed by atoms with Crippen LogP contribution >= 0.6 is 0 Å². The maximum atomic E-state index is 13.4. The number of carbonyl (C=O) groups is 2. The highest BCUT2D eigenvalue weighted by atomic mass is 16.5. The first-order valence-corrected chi connectivity index (χ1v) is 13.8. The monoisotopic (exact) mass is 493 g/mol. The molecule has 1 aromatic rings. The van der Waals surface area contributed by atoms with E-state index >= 15 is 0 Å². The lowest BCUT2D eigenvalue weighted by molar-refractivity contribution is -0.140. The first kappa shape index (κ1) is 26.7. The van der Waals surface area contributed by atoms with E-state index in [0.717, 1.165) is 44.1 Å². The normalized spacial score (nSPS) is 26.5. The summed E-state index contributed by atoms with van der Waals surface area (Å²) in [5, 5.41) is 21.0. The molecule has 2 saturated heterocycles. The van der Waals surface area contributed by atoms with Gasteiger partial charge in [0, 0.05) is 12.1 Å². The second-order valence-corrected chi connectivity index (χ2v) is 10.5. The lowest BCUT2D eigenvalue weighted by Crippen LogP contribution is -2.46. The van der Waals surface area contributed by atoms with Crippen LogP contribution in [-0.2, 0) is 14.2 Å². The summed E-state index contributed by atoms with van der Waals surface area (Å²) in [6.07, 6.45) is 8.78. The number of carbonyl (C=O) groups excluding carboxylic acids is 2. The van der Waals surface area contributed by atoms with Crippen LogP contribution in [-0.4, -0.2) is 46.6 Å². The van der Waals surface area contributed by atoms with Gasteiger partial charge in [-0.3, -0.25) is 14.5 Å². The Hall–Kier alpha value is -2.38. The van der Waals surface area contributed by atoms with Crippen molar-refractivity contribution in [2.24, 2.45) is 17.8 Å². The summed E-state index contributed by atoms with van der Waals surface area (Å²) in [4.78, 5) is 28.0. The Balaban J connectivity index is 1.62. The number of hydrogen-bond acceptors (Lipinski definition) is 5. The molecule has 1 aromatic carbocycles. The van der Waals surface area contributed by atoms with Crippen LogP contribution in [0.15, 0.2) is 41.0 Å². The molecule has 6 nitrogen and oxygen atoms in total. The minimum Gasteiger partial charge on any atom is -0.507 e. The molecule has 2 heterocycles. The summed E-state index contributed by atoms with van der Waals surface area (Å²) in [5.41, 5.74) is 4.45. The van der Waals surface area contributed by atoms with Crippen LogP contribution in [0.2, 0.25) is 6.32 Å². The number of likely N-dealkylation sites (tertiary alicyclic amines) is 1. The molecular weight excluding hydrogens is 453 g/mol. The number of nitrogens with zero attached hydrogens (tertiary/aromatic N) is 1. The number of imide groups is 1. The summed E-state index contributed by atoms with van der Waals surface area (Å²) in [6.45, 7) is 6.74. The molecule has 0 saturated carbocycles. The molecule has 2 N–H and O–H groups in total. The van der Waals surface area contributed by atoms with Gasteiger partial charge in [0.15, 0.2) is 0 Å². The average molecular weight is 493 g/mol. The van der Waals surface area contributed by atoms with Crippen LogP contribution in [0.1, 0.15) is 77.7 Å². The molecule has 36 heavy (non-hydrogen) atoms.